The summed E-state index contributed by atoms with van der Waals surface area (Å²) < 4.78 is 9.93. The van der Waals surface area contributed by atoms with Crippen molar-refractivity contribution in [3.05, 3.63) is 24.3 Å². The number of carbonyl (C=O) groups is 2. The highest BCUT2D eigenvalue weighted by atomic mass is 16.5. The Morgan fingerprint density at radius 2 is 1.89 bits per heavy atom. The number of carboxylic acid groups (broad SMARTS) is 1. The molecule has 19 heavy (non-hydrogen) atoms. The quantitative estimate of drug-likeness (QED) is 0.575. The highest BCUT2D eigenvalue weighted by Gasteiger charge is 2.03. The SMILES string of the molecule is NCCOCC(=O)Nc1ccc(OCC(=O)O)cc1. The molecule has 0 heterocycles. The van der Waals surface area contributed by atoms with Crippen molar-refractivity contribution in [2.75, 3.05) is 31.7 Å². The van der Waals surface area contributed by atoms with E-state index in [9.17, 15) is 9.59 Å². The van der Waals surface area contributed by atoms with Gasteiger partial charge in [0.25, 0.3) is 0 Å². The van der Waals surface area contributed by atoms with Crippen LogP contribution in [0.25, 0.3) is 0 Å². The van der Waals surface area contributed by atoms with Gasteiger partial charge in [0.1, 0.15) is 12.4 Å². The van der Waals surface area contributed by atoms with E-state index in [0.717, 1.165) is 0 Å². The lowest BCUT2D eigenvalue weighted by molar-refractivity contribution is -0.139. The lowest BCUT2D eigenvalue weighted by Crippen LogP contribution is -2.20. The van der Waals surface area contributed by atoms with Gasteiger partial charge in [-0.1, -0.05) is 0 Å². The highest BCUT2D eigenvalue weighted by molar-refractivity contribution is 5.91. The zero-order chi connectivity index (χ0) is 14.1. The first-order valence-electron chi connectivity index (χ1n) is 5.64. The first-order chi connectivity index (χ1) is 9.11. The van der Waals surface area contributed by atoms with Gasteiger partial charge in [0.2, 0.25) is 5.91 Å². The molecular weight excluding hydrogens is 252 g/mol. The van der Waals surface area contributed by atoms with Crippen LogP contribution in [0.2, 0.25) is 0 Å². The summed E-state index contributed by atoms with van der Waals surface area (Å²) in [5.41, 5.74) is 5.79. The first-order valence-corrected chi connectivity index (χ1v) is 5.64. The van der Waals surface area contributed by atoms with Crippen LogP contribution in [-0.2, 0) is 14.3 Å². The summed E-state index contributed by atoms with van der Waals surface area (Å²) in [6, 6.07) is 6.36. The Morgan fingerprint density at radius 3 is 2.47 bits per heavy atom. The van der Waals surface area contributed by atoms with Crippen LogP contribution >= 0.6 is 0 Å². The molecule has 0 saturated carbocycles. The maximum Gasteiger partial charge on any atom is 0.341 e. The number of anilines is 1. The van der Waals surface area contributed by atoms with Crippen molar-refractivity contribution >= 4 is 17.6 Å². The molecule has 0 bridgehead atoms. The van der Waals surface area contributed by atoms with Crippen LogP contribution in [0.15, 0.2) is 24.3 Å². The van der Waals surface area contributed by atoms with Crippen LogP contribution in [0.4, 0.5) is 5.69 Å². The van der Waals surface area contributed by atoms with Crippen molar-refractivity contribution in [1.29, 1.82) is 0 Å². The Hall–Kier alpha value is -2.12. The number of carboxylic acids is 1. The predicted molar refractivity (Wildman–Crippen MR) is 68.1 cm³/mol. The minimum absolute atomic E-state index is 0.0610. The minimum atomic E-state index is -1.05. The molecule has 1 amide bonds. The normalized spacial score (nSPS) is 9.95. The smallest absolute Gasteiger partial charge is 0.341 e. The second-order valence-electron chi connectivity index (χ2n) is 3.60. The Morgan fingerprint density at radius 1 is 1.21 bits per heavy atom. The fourth-order valence-corrected chi connectivity index (χ4v) is 1.22. The topological polar surface area (TPSA) is 111 Å². The standard InChI is InChI=1S/C12H16N2O5/c13-5-6-18-7-11(15)14-9-1-3-10(4-2-9)19-8-12(16)17/h1-4H,5-8,13H2,(H,14,15)(H,16,17). The van der Waals surface area contributed by atoms with Gasteiger partial charge in [0.05, 0.1) is 6.61 Å². The fourth-order valence-electron chi connectivity index (χ4n) is 1.22. The van der Waals surface area contributed by atoms with E-state index >= 15 is 0 Å². The zero-order valence-corrected chi connectivity index (χ0v) is 10.3. The molecule has 4 N–H and O–H groups in total. The summed E-state index contributed by atoms with van der Waals surface area (Å²) in [6.45, 7) is 0.228. The summed E-state index contributed by atoms with van der Waals surface area (Å²) in [4.78, 5) is 21.7. The van der Waals surface area contributed by atoms with E-state index in [1.807, 2.05) is 0 Å². The van der Waals surface area contributed by atoms with Crippen LogP contribution in [0.5, 0.6) is 5.75 Å². The number of hydrogen-bond acceptors (Lipinski definition) is 5. The molecule has 1 rings (SSSR count). The number of hydrogen-bond donors (Lipinski definition) is 3. The molecule has 0 saturated heterocycles. The molecular formula is C12H16N2O5. The Labute approximate surface area is 110 Å². The van der Waals surface area contributed by atoms with Gasteiger partial charge < -0.3 is 25.6 Å². The maximum atomic E-state index is 11.4. The molecule has 1 aromatic carbocycles. The van der Waals surface area contributed by atoms with E-state index < -0.39 is 12.6 Å². The van der Waals surface area contributed by atoms with Crippen molar-refractivity contribution < 1.29 is 24.2 Å². The number of benzene rings is 1. The van der Waals surface area contributed by atoms with Gasteiger partial charge in [-0.2, -0.15) is 0 Å². The molecule has 0 fully saturated rings. The Balaban J connectivity index is 2.39. The van der Waals surface area contributed by atoms with Gasteiger partial charge in [-0.05, 0) is 24.3 Å². The molecule has 0 aliphatic rings. The second kappa shape index (κ2) is 8.06. The largest absolute Gasteiger partial charge is 0.482 e. The molecule has 0 aliphatic carbocycles. The number of carbonyl (C=O) groups excluding carboxylic acids is 1. The van der Waals surface area contributed by atoms with Crippen molar-refractivity contribution in [3.8, 4) is 5.75 Å². The average molecular weight is 268 g/mol. The van der Waals surface area contributed by atoms with E-state index in [-0.39, 0.29) is 12.5 Å². The van der Waals surface area contributed by atoms with Gasteiger partial charge >= 0.3 is 5.97 Å². The van der Waals surface area contributed by atoms with E-state index in [1.54, 1.807) is 24.3 Å². The molecule has 0 spiro atoms. The van der Waals surface area contributed by atoms with Gasteiger partial charge in [0.15, 0.2) is 6.61 Å². The van der Waals surface area contributed by atoms with Gasteiger partial charge in [0, 0.05) is 12.2 Å². The van der Waals surface area contributed by atoms with Crippen molar-refractivity contribution in [3.63, 3.8) is 0 Å². The summed E-state index contributed by atoms with van der Waals surface area (Å²) in [5.74, 6) is -0.915. The Bertz CT molecular complexity index is 419. The summed E-state index contributed by atoms with van der Waals surface area (Å²) in [7, 11) is 0. The number of rotatable bonds is 8. The van der Waals surface area contributed by atoms with E-state index in [2.05, 4.69) is 5.32 Å². The maximum absolute atomic E-state index is 11.4. The molecule has 1 aromatic rings. The zero-order valence-electron chi connectivity index (χ0n) is 10.3. The molecule has 7 heteroatoms. The summed E-state index contributed by atoms with van der Waals surface area (Å²) >= 11 is 0. The Kier molecular flexibility index (Phi) is 6.34. The van der Waals surface area contributed by atoms with Gasteiger partial charge in [-0.15, -0.1) is 0 Å². The first kappa shape index (κ1) is 14.9. The molecule has 0 aliphatic heterocycles. The van der Waals surface area contributed by atoms with Crippen molar-refractivity contribution in [2.45, 2.75) is 0 Å². The third kappa shape index (κ3) is 6.39. The van der Waals surface area contributed by atoms with Crippen LogP contribution < -0.4 is 15.8 Å². The number of aliphatic carboxylic acids is 1. The predicted octanol–water partition coefficient (Wildman–Crippen LogP) is 0.0638. The van der Waals surface area contributed by atoms with Crippen LogP contribution in [0.1, 0.15) is 0 Å². The molecule has 104 valence electrons. The van der Waals surface area contributed by atoms with Crippen molar-refractivity contribution in [2.24, 2.45) is 5.73 Å². The molecule has 0 atom stereocenters. The highest BCUT2D eigenvalue weighted by Crippen LogP contribution is 2.15. The minimum Gasteiger partial charge on any atom is -0.482 e. The third-order valence-corrected chi connectivity index (χ3v) is 2.00. The fraction of sp³-hybridized carbons (Fsp3) is 0.333. The van der Waals surface area contributed by atoms with E-state index in [0.29, 0.717) is 24.6 Å². The van der Waals surface area contributed by atoms with Crippen LogP contribution in [-0.4, -0.2) is 43.3 Å². The lowest BCUT2D eigenvalue weighted by Gasteiger charge is -2.07. The third-order valence-electron chi connectivity index (χ3n) is 2.00. The number of ether oxygens (including phenoxy) is 2. The summed E-state index contributed by atoms with van der Waals surface area (Å²) in [5, 5.41) is 11.1. The molecule has 0 radical (unpaired) electrons. The monoisotopic (exact) mass is 268 g/mol. The number of amides is 1. The van der Waals surface area contributed by atoms with Crippen LogP contribution in [0.3, 0.4) is 0 Å². The second-order valence-corrected chi connectivity index (χ2v) is 3.60. The average Bonchev–Trinajstić information content (AvgIpc) is 2.38. The molecule has 0 unspecified atom stereocenters. The number of nitrogens with one attached hydrogen (secondary N) is 1. The van der Waals surface area contributed by atoms with Gasteiger partial charge in [-0.3, -0.25) is 4.79 Å². The number of nitrogens with two attached hydrogens (primary N) is 1. The van der Waals surface area contributed by atoms with E-state index in [4.69, 9.17) is 20.3 Å². The van der Waals surface area contributed by atoms with Crippen molar-refractivity contribution in [1.82, 2.24) is 0 Å². The van der Waals surface area contributed by atoms with Gasteiger partial charge in [-0.25, -0.2) is 4.79 Å². The summed E-state index contributed by atoms with van der Waals surface area (Å²) in [6.07, 6.45) is 0. The molecule has 7 nitrogen and oxygen atoms in total. The lowest BCUT2D eigenvalue weighted by atomic mass is 10.3. The van der Waals surface area contributed by atoms with E-state index in [1.165, 1.54) is 0 Å². The molecule has 0 aromatic heterocycles. The van der Waals surface area contributed by atoms with Crippen LogP contribution in [0, 0.1) is 0 Å².